The second kappa shape index (κ2) is 5.64. The molecule has 0 unspecified atom stereocenters. The predicted octanol–water partition coefficient (Wildman–Crippen LogP) is 1.90. The molecule has 0 atom stereocenters. The van der Waals surface area contributed by atoms with Gasteiger partial charge in [0.2, 0.25) is 5.95 Å². The van der Waals surface area contributed by atoms with Crippen molar-refractivity contribution < 1.29 is 5.21 Å². The fourth-order valence-corrected chi connectivity index (χ4v) is 2.48. The number of anilines is 1. The molecular formula is C14H23N5O. The van der Waals surface area contributed by atoms with Crippen molar-refractivity contribution in [1.82, 2.24) is 9.97 Å². The number of hydrogen-bond acceptors (Lipinski definition) is 5. The maximum absolute atomic E-state index is 8.77. The largest absolute Gasteiger partial charge is 0.409 e. The van der Waals surface area contributed by atoms with Crippen molar-refractivity contribution in [2.24, 2.45) is 16.3 Å². The molecule has 1 aliphatic heterocycles. The zero-order valence-corrected chi connectivity index (χ0v) is 12.4. The van der Waals surface area contributed by atoms with Gasteiger partial charge in [0.15, 0.2) is 5.84 Å². The van der Waals surface area contributed by atoms with Gasteiger partial charge in [0.25, 0.3) is 0 Å². The Kier molecular flexibility index (Phi) is 4.11. The summed E-state index contributed by atoms with van der Waals surface area (Å²) in [6.45, 7) is 8.37. The van der Waals surface area contributed by atoms with Crippen LogP contribution in [-0.4, -0.2) is 34.1 Å². The Bertz CT molecular complexity index is 506. The molecule has 0 aromatic carbocycles. The van der Waals surface area contributed by atoms with Crippen LogP contribution in [0.2, 0.25) is 0 Å². The molecule has 2 heterocycles. The number of amidine groups is 1. The van der Waals surface area contributed by atoms with Gasteiger partial charge in [-0.2, -0.15) is 0 Å². The fraction of sp³-hybridized carbons (Fsp3) is 0.643. The molecule has 0 spiro atoms. The molecule has 0 amide bonds. The zero-order valence-electron chi connectivity index (χ0n) is 12.4. The predicted molar refractivity (Wildman–Crippen MR) is 79.1 cm³/mol. The van der Waals surface area contributed by atoms with Crippen molar-refractivity contribution in [1.29, 1.82) is 0 Å². The molecule has 1 aliphatic rings. The van der Waals surface area contributed by atoms with Crippen LogP contribution in [0.5, 0.6) is 0 Å². The SMILES string of the molecule is CCC1(C)CCN(c2nc(C)cc(/C(N)=N/O)n2)CC1. The van der Waals surface area contributed by atoms with E-state index in [0.29, 0.717) is 17.1 Å². The number of aryl methyl sites for hydroxylation is 1. The number of aromatic nitrogens is 2. The van der Waals surface area contributed by atoms with Gasteiger partial charge in [-0.25, -0.2) is 9.97 Å². The molecule has 0 bridgehead atoms. The lowest BCUT2D eigenvalue weighted by Crippen LogP contribution is -2.39. The summed E-state index contributed by atoms with van der Waals surface area (Å²) >= 11 is 0. The molecule has 1 saturated heterocycles. The average molecular weight is 277 g/mol. The van der Waals surface area contributed by atoms with Crippen LogP contribution in [0.3, 0.4) is 0 Å². The van der Waals surface area contributed by atoms with Gasteiger partial charge in [-0.15, -0.1) is 0 Å². The van der Waals surface area contributed by atoms with Crippen molar-refractivity contribution in [3.05, 3.63) is 17.5 Å². The molecule has 110 valence electrons. The van der Waals surface area contributed by atoms with E-state index in [1.165, 1.54) is 6.42 Å². The summed E-state index contributed by atoms with van der Waals surface area (Å²) < 4.78 is 0. The van der Waals surface area contributed by atoms with Gasteiger partial charge in [-0.1, -0.05) is 25.4 Å². The van der Waals surface area contributed by atoms with Crippen LogP contribution in [0.4, 0.5) is 5.95 Å². The summed E-state index contributed by atoms with van der Waals surface area (Å²) in [4.78, 5) is 11.1. The topological polar surface area (TPSA) is 87.6 Å². The van der Waals surface area contributed by atoms with E-state index in [2.05, 4.69) is 33.9 Å². The molecule has 1 aromatic heterocycles. The Balaban J connectivity index is 2.20. The highest BCUT2D eigenvalue weighted by Crippen LogP contribution is 2.34. The lowest BCUT2D eigenvalue weighted by molar-refractivity contribution is 0.237. The molecule has 20 heavy (non-hydrogen) atoms. The summed E-state index contributed by atoms with van der Waals surface area (Å²) in [5, 5.41) is 11.8. The second-order valence-corrected chi connectivity index (χ2v) is 5.83. The number of nitrogens with zero attached hydrogens (tertiary/aromatic N) is 4. The lowest BCUT2D eigenvalue weighted by atomic mass is 9.78. The van der Waals surface area contributed by atoms with Crippen LogP contribution >= 0.6 is 0 Å². The minimum Gasteiger partial charge on any atom is -0.409 e. The third-order valence-corrected chi connectivity index (χ3v) is 4.32. The van der Waals surface area contributed by atoms with E-state index >= 15 is 0 Å². The zero-order chi connectivity index (χ0) is 14.8. The van der Waals surface area contributed by atoms with E-state index in [1.807, 2.05) is 6.92 Å². The minimum absolute atomic E-state index is 0.0205. The van der Waals surface area contributed by atoms with Gasteiger partial charge in [-0.05, 0) is 31.2 Å². The highest BCUT2D eigenvalue weighted by atomic mass is 16.4. The summed E-state index contributed by atoms with van der Waals surface area (Å²) in [5.74, 6) is 0.692. The van der Waals surface area contributed by atoms with E-state index in [4.69, 9.17) is 10.9 Å². The molecule has 0 aliphatic carbocycles. The Hall–Kier alpha value is -1.85. The molecule has 3 N–H and O–H groups in total. The molecule has 0 radical (unpaired) electrons. The van der Waals surface area contributed by atoms with Crippen LogP contribution in [0.15, 0.2) is 11.2 Å². The van der Waals surface area contributed by atoms with Gasteiger partial charge < -0.3 is 15.8 Å². The van der Waals surface area contributed by atoms with Gasteiger partial charge >= 0.3 is 0 Å². The highest BCUT2D eigenvalue weighted by molar-refractivity contribution is 5.95. The normalized spacial score (nSPS) is 19.1. The Morgan fingerprint density at radius 3 is 2.65 bits per heavy atom. The van der Waals surface area contributed by atoms with Crippen molar-refractivity contribution >= 4 is 11.8 Å². The average Bonchev–Trinajstić information content (AvgIpc) is 2.46. The number of nitrogens with two attached hydrogens (primary N) is 1. The molecule has 6 heteroatoms. The Labute approximate surface area is 119 Å². The van der Waals surface area contributed by atoms with Gasteiger partial charge in [0.1, 0.15) is 5.69 Å². The standard InChI is InChI=1S/C14H23N5O/c1-4-14(3)5-7-19(8-6-14)13-16-10(2)9-11(17-13)12(15)18-20/h9,20H,4-8H2,1-3H3,(H2,15,18). The van der Waals surface area contributed by atoms with Crippen LogP contribution < -0.4 is 10.6 Å². The Morgan fingerprint density at radius 1 is 1.45 bits per heavy atom. The maximum Gasteiger partial charge on any atom is 0.226 e. The van der Waals surface area contributed by atoms with Crippen LogP contribution in [0.25, 0.3) is 0 Å². The first-order valence-electron chi connectivity index (χ1n) is 7.06. The first kappa shape index (κ1) is 14.6. The van der Waals surface area contributed by atoms with Crippen molar-refractivity contribution in [3.8, 4) is 0 Å². The molecule has 1 aromatic rings. The lowest BCUT2D eigenvalue weighted by Gasteiger charge is -2.39. The first-order valence-corrected chi connectivity index (χ1v) is 7.06. The van der Waals surface area contributed by atoms with E-state index in [9.17, 15) is 0 Å². The van der Waals surface area contributed by atoms with E-state index < -0.39 is 0 Å². The van der Waals surface area contributed by atoms with Crippen LogP contribution in [-0.2, 0) is 0 Å². The third-order valence-electron chi connectivity index (χ3n) is 4.32. The number of piperidine rings is 1. The van der Waals surface area contributed by atoms with Crippen molar-refractivity contribution in [3.63, 3.8) is 0 Å². The van der Waals surface area contributed by atoms with Crippen molar-refractivity contribution in [2.45, 2.75) is 40.0 Å². The maximum atomic E-state index is 8.77. The Morgan fingerprint density at radius 2 is 2.10 bits per heavy atom. The third kappa shape index (κ3) is 3.00. The summed E-state index contributed by atoms with van der Waals surface area (Å²) in [5.41, 5.74) is 7.33. The van der Waals surface area contributed by atoms with Crippen LogP contribution in [0, 0.1) is 12.3 Å². The smallest absolute Gasteiger partial charge is 0.226 e. The van der Waals surface area contributed by atoms with E-state index in [0.717, 1.165) is 31.6 Å². The summed E-state index contributed by atoms with van der Waals surface area (Å²) in [6.07, 6.45) is 3.48. The van der Waals surface area contributed by atoms with Gasteiger partial charge in [0, 0.05) is 18.8 Å². The molecule has 2 rings (SSSR count). The number of oxime groups is 1. The van der Waals surface area contributed by atoms with Crippen molar-refractivity contribution in [2.75, 3.05) is 18.0 Å². The quantitative estimate of drug-likeness (QED) is 0.381. The molecule has 0 saturated carbocycles. The molecular weight excluding hydrogens is 254 g/mol. The van der Waals surface area contributed by atoms with E-state index in [1.54, 1.807) is 6.07 Å². The second-order valence-electron chi connectivity index (χ2n) is 5.83. The highest BCUT2D eigenvalue weighted by Gasteiger charge is 2.29. The van der Waals surface area contributed by atoms with Crippen LogP contribution in [0.1, 0.15) is 44.5 Å². The number of hydrogen-bond donors (Lipinski definition) is 2. The van der Waals surface area contributed by atoms with Gasteiger partial charge in [-0.3, -0.25) is 0 Å². The summed E-state index contributed by atoms with van der Waals surface area (Å²) in [7, 11) is 0. The summed E-state index contributed by atoms with van der Waals surface area (Å²) in [6, 6.07) is 1.72. The van der Waals surface area contributed by atoms with E-state index in [-0.39, 0.29) is 5.84 Å². The monoisotopic (exact) mass is 277 g/mol. The first-order chi connectivity index (χ1) is 9.47. The molecule has 1 fully saturated rings. The fourth-order valence-electron chi connectivity index (χ4n) is 2.48. The van der Waals surface area contributed by atoms with Gasteiger partial charge in [0.05, 0.1) is 0 Å². The molecule has 6 nitrogen and oxygen atoms in total. The number of rotatable bonds is 3. The minimum atomic E-state index is 0.0205.